The lowest BCUT2D eigenvalue weighted by molar-refractivity contribution is -0.117. The van der Waals surface area contributed by atoms with Gasteiger partial charge >= 0.3 is 5.97 Å². The number of nitrogens with one attached hydrogen (secondary N) is 1. The van der Waals surface area contributed by atoms with Gasteiger partial charge in [0.1, 0.15) is 11.4 Å². The number of nitrogens with zero attached hydrogens (tertiary/aromatic N) is 2. The van der Waals surface area contributed by atoms with Gasteiger partial charge in [-0.05, 0) is 19.3 Å². The Bertz CT molecular complexity index is 493. The maximum atomic E-state index is 11.9. The Balaban J connectivity index is 2.94. The second kappa shape index (κ2) is 5.83. The molecule has 1 aromatic rings. The number of hydrogen-bond acceptors (Lipinski definition) is 4. The minimum Gasteiger partial charge on any atom is -0.477 e. The molecule has 0 aromatic carbocycles. The lowest BCUT2D eigenvalue weighted by Gasteiger charge is -2.14. The third kappa shape index (κ3) is 3.54. The summed E-state index contributed by atoms with van der Waals surface area (Å²) in [7, 11) is 1.57. The molecular formula is C12H20N4O3. The second-order valence-electron chi connectivity index (χ2n) is 4.96. The fourth-order valence-electron chi connectivity index (χ4n) is 1.88. The van der Waals surface area contributed by atoms with E-state index >= 15 is 0 Å². The van der Waals surface area contributed by atoms with Crippen molar-refractivity contribution in [2.75, 3.05) is 5.32 Å². The number of aryl methyl sites for hydroxylation is 2. The highest BCUT2D eigenvalue weighted by Gasteiger charge is 2.23. The Morgan fingerprint density at radius 1 is 1.47 bits per heavy atom. The average molecular weight is 268 g/mol. The van der Waals surface area contributed by atoms with Crippen molar-refractivity contribution in [1.29, 1.82) is 0 Å². The van der Waals surface area contributed by atoms with Crippen LogP contribution in [0.3, 0.4) is 0 Å². The van der Waals surface area contributed by atoms with Crippen molar-refractivity contribution >= 4 is 17.7 Å². The van der Waals surface area contributed by atoms with Gasteiger partial charge in [0.15, 0.2) is 0 Å². The van der Waals surface area contributed by atoms with Gasteiger partial charge in [0.2, 0.25) is 5.91 Å². The number of carbonyl (C=O) groups excluding carboxylic acids is 1. The van der Waals surface area contributed by atoms with Crippen LogP contribution in [0, 0.1) is 12.8 Å². The smallest absolute Gasteiger partial charge is 0.341 e. The molecule has 1 aromatic heterocycles. The Morgan fingerprint density at radius 3 is 2.53 bits per heavy atom. The molecule has 0 unspecified atom stereocenters. The molecule has 0 aliphatic carbocycles. The largest absolute Gasteiger partial charge is 0.477 e. The Labute approximate surface area is 111 Å². The summed E-state index contributed by atoms with van der Waals surface area (Å²) in [5.41, 5.74) is 6.10. The molecule has 1 heterocycles. The topological polar surface area (TPSA) is 110 Å². The van der Waals surface area contributed by atoms with E-state index < -0.39 is 17.9 Å². The van der Waals surface area contributed by atoms with Crippen LogP contribution in [0.1, 0.15) is 36.3 Å². The van der Waals surface area contributed by atoms with Crippen LogP contribution in [0.15, 0.2) is 0 Å². The maximum Gasteiger partial charge on any atom is 0.341 e. The minimum atomic E-state index is -1.13. The summed E-state index contributed by atoms with van der Waals surface area (Å²) in [5, 5.41) is 15.6. The number of nitrogens with two attached hydrogens (primary N) is 1. The third-order valence-corrected chi connectivity index (χ3v) is 2.74. The Hall–Kier alpha value is -1.89. The van der Waals surface area contributed by atoms with E-state index in [4.69, 9.17) is 10.8 Å². The summed E-state index contributed by atoms with van der Waals surface area (Å²) in [4.78, 5) is 23.1. The molecular weight excluding hydrogens is 248 g/mol. The van der Waals surface area contributed by atoms with E-state index in [9.17, 15) is 9.59 Å². The molecule has 0 aliphatic heterocycles. The predicted octanol–water partition coefficient (Wildman–Crippen LogP) is 0.739. The number of aromatic nitrogens is 2. The van der Waals surface area contributed by atoms with Crippen molar-refractivity contribution in [3.8, 4) is 0 Å². The predicted molar refractivity (Wildman–Crippen MR) is 71.0 cm³/mol. The van der Waals surface area contributed by atoms with Gasteiger partial charge in [0.25, 0.3) is 0 Å². The zero-order chi connectivity index (χ0) is 14.7. The first-order chi connectivity index (χ1) is 8.73. The lowest BCUT2D eigenvalue weighted by atomic mass is 10.0. The first-order valence-electron chi connectivity index (χ1n) is 6.07. The van der Waals surface area contributed by atoms with Crippen molar-refractivity contribution in [2.45, 2.75) is 33.2 Å². The number of carboxylic acid groups (broad SMARTS) is 1. The number of amides is 1. The average Bonchev–Trinajstić information content (AvgIpc) is 2.52. The molecule has 1 rings (SSSR count). The maximum absolute atomic E-state index is 11.9. The number of carboxylic acids is 1. The quantitative estimate of drug-likeness (QED) is 0.729. The molecule has 19 heavy (non-hydrogen) atoms. The minimum absolute atomic E-state index is 0.00685. The Kier molecular flexibility index (Phi) is 4.66. The summed E-state index contributed by atoms with van der Waals surface area (Å²) in [6.45, 7) is 5.50. The van der Waals surface area contributed by atoms with Crippen LogP contribution in [0.25, 0.3) is 0 Å². The molecule has 106 valence electrons. The van der Waals surface area contributed by atoms with Crippen molar-refractivity contribution in [2.24, 2.45) is 18.7 Å². The van der Waals surface area contributed by atoms with Gasteiger partial charge in [0, 0.05) is 7.05 Å². The number of hydrogen-bond donors (Lipinski definition) is 3. The van der Waals surface area contributed by atoms with E-state index in [0.717, 1.165) is 0 Å². The molecule has 4 N–H and O–H groups in total. The number of anilines is 1. The summed E-state index contributed by atoms with van der Waals surface area (Å²) < 4.78 is 1.33. The molecule has 0 bridgehead atoms. The van der Waals surface area contributed by atoms with Gasteiger partial charge in [-0.2, -0.15) is 5.10 Å². The van der Waals surface area contributed by atoms with Crippen LogP contribution in [0.5, 0.6) is 0 Å². The highest BCUT2D eigenvalue weighted by atomic mass is 16.4. The zero-order valence-corrected chi connectivity index (χ0v) is 11.6. The van der Waals surface area contributed by atoms with Gasteiger partial charge in [-0.15, -0.1) is 0 Å². The zero-order valence-electron chi connectivity index (χ0n) is 11.6. The van der Waals surface area contributed by atoms with Crippen molar-refractivity contribution in [1.82, 2.24) is 9.78 Å². The molecule has 1 atom stereocenters. The fraction of sp³-hybridized carbons (Fsp3) is 0.583. The first kappa shape index (κ1) is 15.2. The third-order valence-electron chi connectivity index (χ3n) is 2.74. The van der Waals surface area contributed by atoms with E-state index in [2.05, 4.69) is 10.4 Å². The summed E-state index contributed by atoms with van der Waals surface area (Å²) >= 11 is 0. The first-order valence-corrected chi connectivity index (χ1v) is 6.07. The fourth-order valence-corrected chi connectivity index (χ4v) is 1.88. The van der Waals surface area contributed by atoms with Gasteiger partial charge < -0.3 is 16.2 Å². The molecule has 0 radical (unpaired) electrons. The molecule has 0 fully saturated rings. The molecule has 0 spiro atoms. The highest BCUT2D eigenvalue weighted by Crippen LogP contribution is 2.19. The van der Waals surface area contributed by atoms with Gasteiger partial charge in [0.05, 0.1) is 11.7 Å². The van der Waals surface area contributed by atoms with E-state index in [1.165, 1.54) is 4.68 Å². The van der Waals surface area contributed by atoms with Gasteiger partial charge in [-0.25, -0.2) is 4.79 Å². The number of rotatable bonds is 5. The van der Waals surface area contributed by atoms with Crippen LogP contribution in [-0.4, -0.2) is 32.8 Å². The molecule has 1 amide bonds. The van der Waals surface area contributed by atoms with Gasteiger partial charge in [-0.1, -0.05) is 13.8 Å². The SMILES string of the molecule is Cc1nn(C)c(NC(=O)[C@@H](N)CC(C)C)c1C(=O)O. The van der Waals surface area contributed by atoms with Crippen LogP contribution in [-0.2, 0) is 11.8 Å². The van der Waals surface area contributed by atoms with Crippen molar-refractivity contribution < 1.29 is 14.7 Å². The monoisotopic (exact) mass is 268 g/mol. The van der Waals surface area contributed by atoms with Crippen molar-refractivity contribution in [3.63, 3.8) is 0 Å². The summed E-state index contributed by atoms with van der Waals surface area (Å²) in [5.74, 6) is -1.08. The molecule has 0 saturated carbocycles. The van der Waals surface area contributed by atoms with E-state index in [1.807, 2.05) is 13.8 Å². The molecule has 7 heteroatoms. The van der Waals surface area contributed by atoms with E-state index in [-0.39, 0.29) is 17.3 Å². The van der Waals surface area contributed by atoms with Crippen LogP contribution < -0.4 is 11.1 Å². The summed E-state index contributed by atoms with van der Waals surface area (Å²) in [6.07, 6.45) is 0.533. The van der Waals surface area contributed by atoms with Crippen LogP contribution in [0.4, 0.5) is 5.82 Å². The lowest BCUT2D eigenvalue weighted by Crippen LogP contribution is -2.37. The molecule has 7 nitrogen and oxygen atoms in total. The highest BCUT2D eigenvalue weighted by molar-refractivity contribution is 6.01. The normalized spacial score (nSPS) is 12.5. The molecule has 0 aliphatic rings. The van der Waals surface area contributed by atoms with E-state index in [1.54, 1.807) is 14.0 Å². The number of aromatic carboxylic acids is 1. The standard InChI is InChI=1S/C12H20N4O3/c1-6(2)5-8(13)11(17)14-10-9(12(18)19)7(3)15-16(10)4/h6,8H,5,13H2,1-4H3,(H,14,17)(H,18,19)/t8-/m0/s1. The van der Waals surface area contributed by atoms with E-state index in [0.29, 0.717) is 12.1 Å². The van der Waals surface area contributed by atoms with Crippen molar-refractivity contribution in [3.05, 3.63) is 11.3 Å². The van der Waals surface area contributed by atoms with Crippen LogP contribution in [0.2, 0.25) is 0 Å². The van der Waals surface area contributed by atoms with Crippen LogP contribution >= 0.6 is 0 Å². The second-order valence-corrected chi connectivity index (χ2v) is 4.96. The molecule has 0 saturated heterocycles. The number of carbonyl (C=O) groups is 2. The van der Waals surface area contributed by atoms with Gasteiger partial charge in [-0.3, -0.25) is 9.48 Å². The Morgan fingerprint density at radius 2 is 2.05 bits per heavy atom. The summed E-state index contributed by atoms with van der Waals surface area (Å²) in [6, 6.07) is -0.670.